The first kappa shape index (κ1) is 25.1. The van der Waals surface area contributed by atoms with Crippen molar-refractivity contribution < 1.29 is 4.79 Å². The first-order valence-electron chi connectivity index (χ1n) is 12.4. The molecular weight excluding hydrogens is 486 g/mol. The van der Waals surface area contributed by atoms with Crippen LogP contribution in [0.5, 0.6) is 0 Å². The van der Waals surface area contributed by atoms with Gasteiger partial charge in [-0.15, -0.1) is 0 Å². The summed E-state index contributed by atoms with van der Waals surface area (Å²) in [6, 6.07) is 21.7. The molecule has 3 aromatic carbocycles. The van der Waals surface area contributed by atoms with Gasteiger partial charge in [-0.3, -0.25) is 4.79 Å². The third kappa shape index (κ3) is 5.13. The molecule has 0 radical (unpaired) electrons. The minimum absolute atomic E-state index is 0.0584. The highest BCUT2D eigenvalue weighted by Crippen LogP contribution is 2.49. The molecule has 37 heavy (non-hydrogen) atoms. The zero-order chi connectivity index (χ0) is 26.0. The smallest absolute Gasteiger partial charge is 0.235 e. The van der Waals surface area contributed by atoms with Gasteiger partial charge in [-0.1, -0.05) is 41.9 Å². The topological polar surface area (TPSA) is 112 Å². The fourth-order valence-corrected chi connectivity index (χ4v) is 5.17. The SMILES string of the molecule is CN1CCN(c2ccc(-c3ccc(NC(=O)C4(c5cccc(Cl)c5)CC4)cc3/C(=N/N)NN)cc2)CC1. The molecule has 1 saturated carbocycles. The number of nitrogens with zero attached hydrogens (tertiary/aromatic N) is 3. The van der Waals surface area contributed by atoms with E-state index in [1.54, 1.807) is 0 Å². The van der Waals surface area contributed by atoms with E-state index in [9.17, 15) is 4.79 Å². The summed E-state index contributed by atoms with van der Waals surface area (Å²) >= 11 is 6.19. The lowest BCUT2D eigenvalue weighted by atomic mass is 9.94. The van der Waals surface area contributed by atoms with Gasteiger partial charge in [0.2, 0.25) is 5.91 Å². The number of hydrazone groups is 1. The number of hydrazine groups is 1. The minimum Gasteiger partial charge on any atom is -0.369 e. The molecule has 5 rings (SSSR count). The number of amides is 1. The van der Waals surface area contributed by atoms with Crippen LogP contribution < -0.4 is 27.3 Å². The fraction of sp³-hybridized carbons (Fsp3) is 0.286. The average Bonchev–Trinajstić information content (AvgIpc) is 3.73. The lowest BCUT2D eigenvalue weighted by Gasteiger charge is -2.34. The van der Waals surface area contributed by atoms with Gasteiger partial charge >= 0.3 is 0 Å². The zero-order valence-corrected chi connectivity index (χ0v) is 21.6. The van der Waals surface area contributed by atoms with Gasteiger partial charge in [0.25, 0.3) is 0 Å². The Morgan fingerprint density at radius 3 is 2.35 bits per heavy atom. The molecule has 0 unspecified atom stereocenters. The fourth-order valence-electron chi connectivity index (χ4n) is 4.98. The van der Waals surface area contributed by atoms with Crippen LogP contribution in [0.2, 0.25) is 5.02 Å². The zero-order valence-electron chi connectivity index (χ0n) is 20.9. The number of carbonyl (C=O) groups excluding carboxylic acids is 1. The van der Waals surface area contributed by atoms with Crippen molar-refractivity contribution in [2.75, 3.05) is 43.4 Å². The Hall–Kier alpha value is -3.59. The third-order valence-corrected chi connectivity index (χ3v) is 7.64. The molecule has 0 bridgehead atoms. The van der Waals surface area contributed by atoms with Crippen LogP contribution in [0.25, 0.3) is 11.1 Å². The molecule has 1 saturated heterocycles. The Balaban J connectivity index is 1.41. The van der Waals surface area contributed by atoms with E-state index in [4.69, 9.17) is 23.3 Å². The molecule has 0 atom stereocenters. The van der Waals surface area contributed by atoms with Crippen LogP contribution in [0.3, 0.4) is 0 Å². The number of hydrogen-bond acceptors (Lipinski definition) is 6. The summed E-state index contributed by atoms with van der Waals surface area (Å²) in [5.74, 6) is 11.7. The lowest BCUT2D eigenvalue weighted by Crippen LogP contribution is -2.44. The van der Waals surface area contributed by atoms with Crippen LogP contribution in [0, 0.1) is 0 Å². The molecule has 9 heteroatoms. The van der Waals surface area contributed by atoms with Gasteiger partial charge in [0.1, 0.15) is 0 Å². The second-order valence-corrected chi connectivity index (χ2v) is 10.2. The molecule has 1 heterocycles. The number of hydrogen-bond donors (Lipinski definition) is 4. The molecule has 2 aliphatic rings. The van der Waals surface area contributed by atoms with Crippen LogP contribution in [-0.2, 0) is 10.2 Å². The van der Waals surface area contributed by atoms with E-state index in [-0.39, 0.29) is 5.91 Å². The predicted octanol–water partition coefficient (Wildman–Crippen LogP) is 3.51. The number of carbonyl (C=O) groups is 1. The highest BCUT2D eigenvalue weighted by Gasteiger charge is 2.51. The van der Waals surface area contributed by atoms with E-state index in [1.807, 2.05) is 42.5 Å². The van der Waals surface area contributed by atoms with E-state index in [2.05, 4.69) is 57.0 Å². The van der Waals surface area contributed by atoms with Gasteiger partial charge in [0.15, 0.2) is 5.84 Å². The second kappa shape index (κ2) is 10.4. The standard InChI is InChI=1S/C28H32ClN7O/c1-35-13-15-36(16-14-35)23-8-5-19(6-9-23)24-10-7-22(18-25(24)26(33-30)34-31)32-27(37)28(11-12-28)20-3-2-4-21(29)17-20/h2-10,17-18H,11-16,30-31H2,1H3,(H,32,37)(H,33,34). The Bertz CT molecular complexity index is 1310. The van der Waals surface area contributed by atoms with Crippen molar-refractivity contribution in [2.45, 2.75) is 18.3 Å². The number of benzene rings is 3. The highest BCUT2D eigenvalue weighted by molar-refractivity contribution is 6.30. The van der Waals surface area contributed by atoms with Crippen LogP contribution in [0.15, 0.2) is 71.8 Å². The maximum Gasteiger partial charge on any atom is 0.235 e. The molecule has 1 aliphatic heterocycles. The van der Waals surface area contributed by atoms with Crippen LogP contribution in [0.1, 0.15) is 24.0 Å². The van der Waals surface area contributed by atoms with E-state index in [0.717, 1.165) is 55.7 Å². The average molecular weight is 518 g/mol. The Morgan fingerprint density at radius 1 is 1.00 bits per heavy atom. The largest absolute Gasteiger partial charge is 0.369 e. The van der Waals surface area contributed by atoms with Crippen molar-refractivity contribution in [3.8, 4) is 11.1 Å². The summed E-state index contributed by atoms with van der Waals surface area (Å²) in [4.78, 5) is 18.1. The Kier molecular flexibility index (Phi) is 7.06. The Labute approximate surface area is 222 Å². The molecule has 1 aliphatic carbocycles. The van der Waals surface area contributed by atoms with Crippen LogP contribution in [-0.4, -0.2) is 49.9 Å². The molecule has 192 valence electrons. The molecule has 8 nitrogen and oxygen atoms in total. The van der Waals surface area contributed by atoms with Gasteiger partial charge < -0.3 is 26.4 Å². The molecule has 1 amide bonds. The number of nitrogens with two attached hydrogens (primary N) is 2. The molecule has 3 aromatic rings. The number of anilines is 2. The van der Waals surface area contributed by atoms with E-state index >= 15 is 0 Å². The molecule has 0 spiro atoms. The molecule has 6 N–H and O–H groups in total. The summed E-state index contributed by atoms with van der Waals surface area (Å²) in [5, 5.41) is 7.55. The van der Waals surface area contributed by atoms with Crippen molar-refractivity contribution in [3.63, 3.8) is 0 Å². The van der Waals surface area contributed by atoms with Crippen molar-refractivity contribution in [1.82, 2.24) is 10.3 Å². The van der Waals surface area contributed by atoms with Gasteiger partial charge in [-0.2, -0.15) is 5.10 Å². The third-order valence-electron chi connectivity index (χ3n) is 7.41. The van der Waals surface area contributed by atoms with Gasteiger partial charge in [-0.05, 0) is 73.0 Å². The maximum atomic E-state index is 13.3. The number of likely N-dealkylation sites (N-methyl/N-ethyl adjacent to an activating group) is 1. The number of nitrogens with one attached hydrogen (secondary N) is 2. The van der Waals surface area contributed by atoms with E-state index in [0.29, 0.717) is 22.1 Å². The molecule has 2 fully saturated rings. The van der Waals surface area contributed by atoms with Crippen LogP contribution in [0.4, 0.5) is 11.4 Å². The molecule has 0 aromatic heterocycles. The lowest BCUT2D eigenvalue weighted by molar-refractivity contribution is -0.118. The Morgan fingerprint density at radius 2 is 1.73 bits per heavy atom. The summed E-state index contributed by atoms with van der Waals surface area (Å²) in [6.45, 7) is 4.12. The van der Waals surface area contributed by atoms with Crippen molar-refractivity contribution in [3.05, 3.63) is 82.9 Å². The minimum atomic E-state index is -0.556. The van der Waals surface area contributed by atoms with E-state index < -0.39 is 5.41 Å². The van der Waals surface area contributed by atoms with Crippen molar-refractivity contribution >= 4 is 34.7 Å². The van der Waals surface area contributed by atoms with Crippen molar-refractivity contribution in [1.29, 1.82) is 0 Å². The summed E-state index contributed by atoms with van der Waals surface area (Å²) < 4.78 is 0. The first-order valence-corrected chi connectivity index (χ1v) is 12.8. The second-order valence-electron chi connectivity index (χ2n) is 9.77. The van der Waals surface area contributed by atoms with Gasteiger partial charge in [0.05, 0.1) is 5.41 Å². The predicted molar refractivity (Wildman–Crippen MR) is 151 cm³/mol. The van der Waals surface area contributed by atoms with Crippen LogP contribution >= 0.6 is 11.6 Å². The monoisotopic (exact) mass is 517 g/mol. The van der Waals surface area contributed by atoms with Crippen molar-refractivity contribution in [2.24, 2.45) is 16.8 Å². The normalized spacial score (nSPS) is 17.4. The number of amidine groups is 1. The highest BCUT2D eigenvalue weighted by atomic mass is 35.5. The van der Waals surface area contributed by atoms with Gasteiger partial charge in [0, 0.05) is 48.1 Å². The quantitative estimate of drug-likeness (QED) is 0.172. The number of rotatable bonds is 6. The first-order chi connectivity index (χ1) is 17.9. The molecular formula is C28H32ClN7O. The number of piperazine rings is 1. The maximum absolute atomic E-state index is 13.3. The summed E-state index contributed by atoms with van der Waals surface area (Å²) in [7, 11) is 2.15. The van der Waals surface area contributed by atoms with Gasteiger partial charge in [-0.25, -0.2) is 5.84 Å². The summed E-state index contributed by atoms with van der Waals surface area (Å²) in [6.07, 6.45) is 1.56. The number of halogens is 1. The van der Waals surface area contributed by atoms with E-state index in [1.165, 1.54) is 5.69 Å². The summed E-state index contributed by atoms with van der Waals surface area (Å²) in [5.41, 5.74) is 7.40.